The summed E-state index contributed by atoms with van der Waals surface area (Å²) < 4.78 is 0. The average molecular weight is 217 g/mol. The van der Waals surface area contributed by atoms with Crippen molar-refractivity contribution in [3.8, 4) is 0 Å². The van der Waals surface area contributed by atoms with Crippen LogP contribution in [0.15, 0.2) is 11.5 Å². The lowest BCUT2D eigenvalue weighted by molar-refractivity contribution is -0.137. The minimum absolute atomic E-state index is 0.0771. The molecule has 5 heteroatoms. The van der Waals surface area contributed by atoms with Gasteiger partial charge in [-0.2, -0.15) is 0 Å². The quantitative estimate of drug-likeness (QED) is 0.657. The molecule has 0 rings (SSSR count). The van der Waals surface area contributed by atoms with Gasteiger partial charge in [0.25, 0.3) is 0 Å². The highest BCUT2D eigenvalue weighted by Gasteiger charge is 2.06. The molecule has 0 spiro atoms. The smallest absolute Gasteiger partial charge is 0.303 e. The largest absolute Gasteiger partial charge is 0.481 e. The highest BCUT2D eigenvalue weighted by atomic mass is 32.2. The second kappa shape index (κ2) is 7.44. The first-order chi connectivity index (χ1) is 6.56. The normalized spacial score (nSPS) is 12.7. The molecule has 0 saturated carbocycles. The summed E-state index contributed by atoms with van der Waals surface area (Å²) in [5, 5.41) is 12.8. The van der Waals surface area contributed by atoms with Crippen LogP contribution in [-0.4, -0.2) is 29.3 Å². The summed E-state index contributed by atoms with van der Waals surface area (Å²) in [5.41, 5.74) is 0. The lowest BCUT2D eigenvalue weighted by Gasteiger charge is -2.10. The van der Waals surface area contributed by atoms with Gasteiger partial charge in [0.15, 0.2) is 0 Å². The lowest BCUT2D eigenvalue weighted by atomic mass is 10.2. The summed E-state index contributed by atoms with van der Waals surface area (Å²) >= 11 is 1.44. The van der Waals surface area contributed by atoms with Crippen LogP contribution in [0.1, 0.15) is 19.8 Å². The molecule has 0 aliphatic heterocycles. The molecule has 0 aromatic carbocycles. The van der Waals surface area contributed by atoms with Crippen molar-refractivity contribution in [2.24, 2.45) is 0 Å². The lowest BCUT2D eigenvalue weighted by Crippen LogP contribution is -2.31. The van der Waals surface area contributed by atoms with Gasteiger partial charge in [-0.25, -0.2) is 0 Å². The molecule has 4 nitrogen and oxygen atoms in total. The van der Waals surface area contributed by atoms with E-state index in [0.717, 1.165) is 0 Å². The Balaban J connectivity index is 3.70. The van der Waals surface area contributed by atoms with Crippen molar-refractivity contribution in [3.63, 3.8) is 0 Å². The van der Waals surface area contributed by atoms with Crippen LogP contribution in [0.4, 0.5) is 0 Å². The van der Waals surface area contributed by atoms with E-state index in [4.69, 9.17) is 5.11 Å². The second-order valence-corrected chi connectivity index (χ2v) is 3.62. The number of amides is 1. The van der Waals surface area contributed by atoms with Gasteiger partial charge in [0, 0.05) is 18.5 Å². The summed E-state index contributed by atoms with van der Waals surface area (Å²) in [7, 11) is 0. The van der Waals surface area contributed by atoms with E-state index in [0.29, 0.717) is 6.42 Å². The molecule has 0 heterocycles. The van der Waals surface area contributed by atoms with E-state index in [2.05, 4.69) is 5.32 Å². The van der Waals surface area contributed by atoms with E-state index in [-0.39, 0.29) is 18.4 Å². The van der Waals surface area contributed by atoms with Gasteiger partial charge in [-0.05, 0) is 25.0 Å². The molecule has 0 radical (unpaired) electrons. The summed E-state index contributed by atoms with van der Waals surface area (Å²) in [6, 6.07) is -0.106. The monoisotopic (exact) mass is 217 g/mol. The number of aliphatic carboxylic acids is 1. The van der Waals surface area contributed by atoms with Crippen LogP contribution >= 0.6 is 11.8 Å². The Kier molecular flexibility index (Phi) is 6.92. The number of carbonyl (C=O) groups is 2. The standard InChI is InChI=1S/C9H15NO3S/c1-7(3-4-9(12)13)10-8(11)5-6-14-2/h5-7H,3-4H2,1-2H3,(H,10,11)(H,12,13)/b6-5+. The van der Waals surface area contributed by atoms with Gasteiger partial charge in [0.1, 0.15) is 0 Å². The molecule has 80 valence electrons. The SMILES string of the molecule is CS/C=C/C(=O)NC(C)CCC(=O)O. The van der Waals surface area contributed by atoms with Crippen LogP contribution in [0.5, 0.6) is 0 Å². The van der Waals surface area contributed by atoms with Gasteiger partial charge in [0.2, 0.25) is 5.91 Å². The Bertz CT molecular complexity index is 228. The molecule has 14 heavy (non-hydrogen) atoms. The Labute approximate surface area is 87.8 Å². The van der Waals surface area contributed by atoms with Crippen LogP contribution in [0.3, 0.4) is 0 Å². The van der Waals surface area contributed by atoms with Gasteiger partial charge in [-0.3, -0.25) is 9.59 Å². The van der Waals surface area contributed by atoms with Crippen molar-refractivity contribution in [3.05, 3.63) is 11.5 Å². The Morgan fingerprint density at radius 1 is 1.57 bits per heavy atom. The van der Waals surface area contributed by atoms with E-state index < -0.39 is 5.97 Å². The first kappa shape index (κ1) is 13.0. The molecule has 0 bridgehead atoms. The molecule has 0 fully saturated rings. The third-order valence-corrected chi connectivity index (χ3v) is 1.94. The zero-order chi connectivity index (χ0) is 11.0. The predicted molar refractivity (Wildman–Crippen MR) is 57.1 cm³/mol. The maximum Gasteiger partial charge on any atom is 0.303 e. The number of carboxylic acid groups (broad SMARTS) is 1. The van der Waals surface area contributed by atoms with Crippen molar-refractivity contribution in [2.75, 3.05) is 6.26 Å². The van der Waals surface area contributed by atoms with Crippen molar-refractivity contribution in [1.82, 2.24) is 5.32 Å². The van der Waals surface area contributed by atoms with Gasteiger partial charge in [-0.1, -0.05) is 0 Å². The molecule has 0 aromatic rings. The predicted octanol–water partition coefficient (Wildman–Crippen LogP) is 1.23. The number of carboxylic acids is 1. The fraction of sp³-hybridized carbons (Fsp3) is 0.556. The van der Waals surface area contributed by atoms with E-state index >= 15 is 0 Å². The fourth-order valence-corrected chi connectivity index (χ4v) is 1.09. The number of nitrogens with one attached hydrogen (secondary N) is 1. The molecule has 1 unspecified atom stereocenters. The van der Waals surface area contributed by atoms with Gasteiger partial charge < -0.3 is 10.4 Å². The van der Waals surface area contributed by atoms with E-state index in [1.807, 2.05) is 6.26 Å². The molecule has 0 aliphatic rings. The number of hydrogen-bond acceptors (Lipinski definition) is 3. The van der Waals surface area contributed by atoms with Gasteiger partial charge >= 0.3 is 5.97 Å². The molecule has 0 aromatic heterocycles. The molecular formula is C9H15NO3S. The molecule has 1 amide bonds. The second-order valence-electron chi connectivity index (χ2n) is 2.88. The third kappa shape index (κ3) is 7.67. The third-order valence-electron chi connectivity index (χ3n) is 1.54. The Morgan fingerprint density at radius 3 is 2.71 bits per heavy atom. The molecule has 0 saturated heterocycles. The Morgan fingerprint density at radius 2 is 2.21 bits per heavy atom. The number of carbonyl (C=O) groups excluding carboxylic acids is 1. The van der Waals surface area contributed by atoms with E-state index in [1.165, 1.54) is 17.8 Å². The number of thioether (sulfide) groups is 1. The summed E-state index contributed by atoms with van der Waals surface area (Å²) in [5.74, 6) is -1.03. The average Bonchev–Trinajstić information content (AvgIpc) is 2.11. The summed E-state index contributed by atoms with van der Waals surface area (Å²) in [6.45, 7) is 1.79. The van der Waals surface area contributed by atoms with Crippen molar-refractivity contribution in [2.45, 2.75) is 25.8 Å². The first-order valence-corrected chi connectivity index (χ1v) is 5.56. The topological polar surface area (TPSA) is 66.4 Å². The first-order valence-electron chi connectivity index (χ1n) is 4.28. The summed E-state index contributed by atoms with van der Waals surface area (Å²) in [4.78, 5) is 21.3. The van der Waals surface area contributed by atoms with E-state index in [9.17, 15) is 9.59 Å². The minimum Gasteiger partial charge on any atom is -0.481 e. The van der Waals surface area contributed by atoms with Crippen LogP contribution in [-0.2, 0) is 9.59 Å². The zero-order valence-corrected chi connectivity index (χ0v) is 9.13. The highest BCUT2D eigenvalue weighted by molar-refractivity contribution is 8.01. The maximum absolute atomic E-state index is 11.1. The van der Waals surface area contributed by atoms with Crippen LogP contribution in [0.2, 0.25) is 0 Å². The zero-order valence-electron chi connectivity index (χ0n) is 8.32. The maximum atomic E-state index is 11.1. The molecule has 2 N–H and O–H groups in total. The summed E-state index contributed by atoms with van der Waals surface area (Å²) in [6.07, 6.45) is 3.82. The van der Waals surface area contributed by atoms with Crippen LogP contribution in [0, 0.1) is 0 Å². The highest BCUT2D eigenvalue weighted by Crippen LogP contribution is 1.97. The van der Waals surface area contributed by atoms with Crippen LogP contribution < -0.4 is 5.32 Å². The van der Waals surface area contributed by atoms with E-state index in [1.54, 1.807) is 12.3 Å². The van der Waals surface area contributed by atoms with Gasteiger partial charge in [-0.15, -0.1) is 11.8 Å². The number of hydrogen-bond donors (Lipinski definition) is 2. The van der Waals surface area contributed by atoms with Crippen molar-refractivity contribution < 1.29 is 14.7 Å². The van der Waals surface area contributed by atoms with Crippen molar-refractivity contribution in [1.29, 1.82) is 0 Å². The minimum atomic E-state index is -0.842. The van der Waals surface area contributed by atoms with Crippen LogP contribution in [0.25, 0.3) is 0 Å². The van der Waals surface area contributed by atoms with Crippen molar-refractivity contribution >= 4 is 23.6 Å². The fourth-order valence-electron chi connectivity index (χ4n) is 0.833. The molecule has 0 aliphatic carbocycles. The molecule has 1 atom stereocenters. The number of rotatable bonds is 6. The molecular weight excluding hydrogens is 202 g/mol. The Hall–Kier alpha value is -0.970. The van der Waals surface area contributed by atoms with Gasteiger partial charge in [0.05, 0.1) is 0 Å².